The lowest BCUT2D eigenvalue weighted by Gasteiger charge is -2.08. The molecule has 0 bridgehead atoms. The number of anilines is 2. The summed E-state index contributed by atoms with van der Waals surface area (Å²) in [6.45, 7) is 1.97. The van der Waals surface area contributed by atoms with Crippen molar-refractivity contribution in [3.63, 3.8) is 0 Å². The van der Waals surface area contributed by atoms with Gasteiger partial charge in [-0.15, -0.1) is 0 Å². The van der Waals surface area contributed by atoms with Crippen LogP contribution in [-0.4, -0.2) is 34.1 Å². The Morgan fingerprint density at radius 1 is 0.923 bits per heavy atom. The van der Waals surface area contributed by atoms with Crippen molar-refractivity contribution in [3.8, 4) is 0 Å². The number of rotatable bonds is 6. The van der Waals surface area contributed by atoms with Crippen LogP contribution in [-0.2, 0) is 14.8 Å². The van der Waals surface area contributed by atoms with Crippen molar-refractivity contribution in [2.45, 2.75) is 11.8 Å². The summed E-state index contributed by atoms with van der Waals surface area (Å²) in [5, 5.41) is 5.20. The van der Waals surface area contributed by atoms with Crippen LogP contribution in [0.25, 0.3) is 0 Å². The molecule has 2 aromatic rings. The third-order valence-electron chi connectivity index (χ3n) is 3.36. The number of hydrogen-bond donors (Lipinski definition) is 3. The molecule has 138 valence electrons. The van der Waals surface area contributed by atoms with Gasteiger partial charge < -0.3 is 10.1 Å². The first-order valence-electron chi connectivity index (χ1n) is 7.74. The van der Waals surface area contributed by atoms with Gasteiger partial charge in [0.25, 0.3) is 5.91 Å². The highest BCUT2D eigenvalue weighted by Crippen LogP contribution is 2.16. The van der Waals surface area contributed by atoms with Gasteiger partial charge in [-0.2, -0.15) is 0 Å². The number of sulfonamides is 1. The minimum atomic E-state index is -3.52. The van der Waals surface area contributed by atoms with Crippen molar-refractivity contribution in [1.82, 2.24) is 4.72 Å². The molecule has 9 heteroatoms. The first kappa shape index (κ1) is 19.4. The standard InChI is InChI=1S/C17H19N3O5S/c1-3-25-17(22)20-14-6-4-12(5-7-14)16(21)19-13-8-10-15(11-9-13)26(23,24)18-2/h4-11,18H,3H2,1-2H3,(H,19,21)(H,20,22). The Kier molecular flexibility index (Phi) is 6.31. The Hall–Kier alpha value is -2.91. The Bertz CT molecular complexity index is 878. The van der Waals surface area contributed by atoms with Crippen molar-refractivity contribution in [2.24, 2.45) is 0 Å². The van der Waals surface area contributed by atoms with Gasteiger partial charge in [-0.1, -0.05) is 0 Å². The molecule has 0 heterocycles. The Labute approximate surface area is 151 Å². The molecule has 0 radical (unpaired) electrons. The molecule has 2 rings (SSSR count). The van der Waals surface area contributed by atoms with E-state index in [1.807, 2.05) is 0 Å². The lowest BCUT2D eigenvalue weighted by molar-refractivity contribution is 0.102. The fourth-order valence-electron chi connectivity index (χ4n) is 2.03. The molecule has 0 aromatic heterocycles. The zero-order valence-electron chi connectivity index (χ0n) is 14.3. The summed E-state index contributed by atoms with van der Waals surface area (Å²) in [7, 11) is -2.20. The monoisotopic (exact) mass is 377 g/mol. The highest BCUT2D eigenvalue weighted by molar-refractivity contribution is 7.89. The highest BCUT2D eigenvalue weighted by atomic mass is 32.2. The van der Waals surface area contributed by atoms with Gasteiger partial charge in [0.2, 0.25) is 10.0 Å². The van der Waals surface area contributed by atoms with Crippen molar-refractivity contribution < 1.29 is 22.7 Å². The summed E-state index contributed by atoms with van der Waals surface area (Å²) in [6, 6.07) is 12.1. The molecule has 26 heavy (non-hydrogen) atoms. The maximum Gasteiger partial charge on any atom is 0.411 e. The molecule has 2 amide bonds. The number of benzene rings is 2. The van der Waals surface area contributed by atoms with Crippen molar-refractivity contribution in [3.05, 3.63) is 54.1 Å². The molecule has 0 fully saturated rings. The lowest BCUT2D eigenvalue weighted by atomic mass is 10.2. The average molecular weight is 377 g/mol. The summed E-state index contributed by atoms with van der Waals surface area (Å²) in [5.41, 5.74) is 1.34. The minimum Gasteiger partial charge on any atom is -0.450 e. The van der Waals surface area contributed by atoms with E-state index in [4.69, 9.17) is 4.74 Å². The summed E-state index contributed by atoms with van der Waals surface area (Å²) in [5.74, 6) is -0.364. The van der Waals surface area contributed by atoms with E-state index < -0.39 is 16.1 Å². The molecule has 0 saturated heterocycles. The summed E-state index contributed by atoms with van der Waals surface area (Å²) in [4.78, 5) is 23.7. The zero-order chi connectivity index (χ0) is 19.2. The Balaban J connectivity index is 2.02. The molecule has 8 nitrogen and oxygen atoms in total. The van der Waals surface area contributed by atoms with Crippen LogP contribution < -0.4 is 15.4 Å². The third-order valence-corrected chi connectivity index (χ3v) is 4.79. The van der Waals surface area contributed by atoms with E-state index in [1.54, 1.807) is 31.2 Å². The predicted molar refractivity (Wildman–Crippen MR) is 97.7 cm³/mol. The van der Waals surface area contributed by atoms with Gasteiger partial charge in [0.15, 0.2) is 0 Å². The van der Waals surface area contributed by atoms with Crippen LogP contribution in [0, 0.1) is 0 Å². The number of ether oxygens (including phenoxy) is 1. The van der Waals surface area contributed by atoms with Gasteiger partial charge in [0.05, 0.1) is 11.5 Å². The van der Waals surface area contributed by atoms with E-state index in [9.17, 15) is 18.0 Å². The second-order valence-electron chi connectivity index (χ2n) is 5.11. The number of hydrogen-bond acceptors (Lipinski definition) is 5. The maximum atomic E-state index is 12.2. The van der Waals surface area contributed by atoms with Gasteiger partial charge in [-0.25, -0.2) is 17.9 Å². The lowest BCUT2D eigenvalue weighted by Crippen LogP contribution is -2.18. The quantitative estimate of drug-likeness (QED) is 0.715. The smallest absolute Gasteiger partial charge is 0.411 e. The van der Waals surface area contributed by atoms with Gasteiger partial charge in [0, 0.05) is 16.9 Å². The van der Waals surface area contributed by atoms with Crippen LogP contribution in [0.5, 0.6) is 0 Å². The first-order valence-corrected chi connectivity index (χ1v) is 9.23. The van der Waals surface area contributed by atoms with Gasteiger partial charge in [-0.3, -0.25) is 10.1 Å². The Morgan fingerprint density at radius 3 is 2.00 bits per heavy atom. The van der Waals surface area contributed by atoms with Gasteiger partial charge >= 0.3 is 6.09 Å². The fourth-order valence-corrected chi connectivity index (χ4v) is 2.76. The minimum absolute atomic E-state index is 0.104. The molecule has 3 N–H and O–H groups in total. The fraction of sp³-hybridized carbons (Fsp3) is 0.176. The maximum absolute atomic E-state index is 12.2. The van der Waals surface area contributed by atoms with E-state index in [0.29, 0.717) is 16.9 Å². The topological polar surface area (TPSA) is 114 Å². The molecule has 0 unspecified atom stereocenters. The molecule has 0 saturated carbocycles. The summed E-state index contributed by atoms with van der Waals surface area (Å²) >= 11 is 0. The molecule has 0 aliphatic carbocycles. The van der Waals surface area contributed by atoms with E-state index >= 15 is 0 Å². The molecule has 2 aromatic carbocycles. The summed E-state index contributed by atoms with van der Waals surface area (Å²) in [6.07, 6.45) is -0.568. The van der Waals surface area contributed by atoms with Crippen LogP contribution in [0.1, 0.15) is 17.3 Å². The number of nitrogens with one attached hydrogen (secondary N) is 3. The van der Waals surface area contributed by atoms with Crippen LogP contribution in [0.2, 0.25) is 0 Å². The Morgan fingerprint density at radius 2 is 1.46 bits per heavy atom. The van der Waals surface area contributed by atoms with Gasteiger partial charge in [0.1, 0.15) is 0 Å². The van der Waals surface area contributed by atoms with Crippen molar-refractivity contribution in [2.75, 3.05) is 24.3 Å². The number of carbonyl (C=O) groups is 2. The zero-order valence-corrected chi connectivity index (χ0v) is 15.1. The molecule has 0 spiro atoms. The number of carbonyl (C=O) groups excluding carboxylic acids is 2. The SMILES string of the molecule is CCOC(=O)Nc1ccc(C(=O)Nc2ccc(S(=O)(=O)NC)cc2)cc1. The molecule has 0 atom stereocenters. The number of amides is 2. The van der Waals surface area contributed by atoms with Crippen LogP contribution in [0.15, 0.2) is 53.4 Å². The molecule has 0 aliphatic rings. The van der Waals surface area contributed by atoms with Crippen molar-refractivity contribution in [1.29, 1.82) is 0 Å². The van der Waals surface area contributed by atoms with Crippen LogP contribution in [0.3, 0.4) is 0 Å². The van der Waals surface area contributed by atoms with Crippen molar-refractivity contribution >= 4 is 33.4 Å². The van der Waals surface area contributed by atoms with E-state index in [-0.39, 0.29) is 17.4 Å². The molecular formula is C17H19N3O5S. The summed E-state index contributed by atoms with van der Waals surface area (Å²) < 4.78 is 30.3. The van der Waals surface area contributed by atoms with E-state index in [0.717, 1.165) is 0 Å². The van der Waals surface area contributed by atoms with Crippen LogP contribution >= 0.6 is 0 Å². The average Bonchev–Trinajstić information content (AvgIpc) is 2.63. The predicted octanol–water partition coefficient (Wildman–Crippen LogP) is 2.42. The van der Waals surface area contributed by atoms with E-state index in [2.05, 4.69) is 15.4 Å². The van der Waals surface area contributed by atoms with Crippen LogP contribution in [0.4, 0.5) is 16.2 Å². The highest BCUT2D eigenvalue weighted by Gasteiger charge is 2.12. The third kappa shape index (κ3) is 5.04. The largest absolute Gasteiger partial charge is 0.450 e. The second-order valence-corrected chi connectivity index (χ2v) is 7.00. The van der Waals surface area contributed by atoms with Gasteiger partial charge in [-0.05, 0) is 62.5 Å². The molecular weight excluding hydrogens is 358 g/mol. The van der Waals surface area contributed by atoms with E-state index in [1.165, 1.54) is 31.3 Å². The molecule has 0 aliphatic heterocycles. The normalized spacial score (nSPS) is 10.8. The first-order chi connectivity index (χ1) is 12.4. The second kappa shape index (κ2) is 8.45.